The van der Waals surface area contributed by atoms with Crippen molar-refractivity contribution in [2.75, 3.05) is 38.2 Å². The topological polar surface area (TPSA) is 104 Å². The number of nitrogens with zero attached hydrogens (tertiary/aromatic N) is 2. The standard InChI is InChI=1S/C23H27N5O2/c24-15-20(16-25)22-7-9-26-17-19(22)3-6-23(29)27-21-4-1-18(2-5-21)8-10-28-11-13-30-14-12-28/h1-7,9,15-17,24H,8,10-14,25H2,(H,27,29)/b6-3+,20-16+,24-15?. The normalized spacial score (nSPS) is 15.3. The number of rotatable bonds is 8. The molecule has 0 bridgehead atoms. The van der Waals surface area contributed by atoms with Crippen LogP contribution in [0.5, 0.6) is 0 Å². The van der Waals surface area contributed by atoms with Crippen LogP contribution in [0.15, 0.2) is 55.0 Å². The van der Waals surface area contributed by atoms with E-state index in [1.807, 2.05) is 24.3 Å². The summed E-state index contributed by atoms with van der Waals surface area (Å²) in [5, 5.41) is 10.3. The molecule has 2 aromatic rings. The molecule has 1 fully saturated rings. The summed E-state index contributed by atoms with van der Waals surface area (Å²) < 4.78 is 5.37. The third-order valence-electron chi connectivity index (χ3n) is 4.95. The molecule has 1 aromatic heterocycles. The molecule has 7 nitrogen and oxygen atoms in total. The molecule has 4 N–H and O–H groups in total. The lowest BCUT2D eigenvalue weighted by atomic mass is 10.0. The van der Waals surface area contributed by atoms with Gasteiger partial charge in [-0.15, -0.1) is 0 Å². The lowest BCUT2D eigenvalue weighted by molar-refractivity contribution is -0.111. The molecule has 7 heteroatoms. The Morgan fingerprint density at radius 2 is 2.00 bits per heavy atom. The minimum Gasteiger partial charge on any atom is -0.404 e. The van der Waals surface area contributed by atoms with Crippen molar-refractivity contribution in [1.29, 1.82) is 5.41 Å². The predicted octanol–water partition coefficient (Wildman–Crippen LogP) is 2.56. The molecule has 1 aliphatic rings. The van der Waals surface area contributed by atoms with Gasteiger partial charge in [-0.25, -0.2) is 0 Å². The van der Waals surface area contributed by atoms with Gasteiger partial charge in [-0.05, 0) is 41.8 Å². The van der Waals surface area contributed by atoms with Gasteiger partial charge >= 0.3 is 0 Å². The Balaban J connectivity index is 1.55. The Labute approximate surface area is 176 Å². The number of carbonyl (C=O) groups is 1. The number of carbonyl (C=O) groups excluding carboxylic acids is 1. The highest BCUT2D eigenvalue weighted by molar-refractivity contribution is 6.10. The Kier molecular flexibility index (Phi) is 7.88. The van der Waals surface area contributed by atoms with Gasteiger partial charge in [-0.3, -0.25) is 14.7 Å². The van der Waals surface area contributed by atoms with E-state index in [1.54, 1.807) is 24.5 Å². The van der Waals surface area contributed by atoms with Gasteiger partial charge in [0.25, 0.3) is 0 Å². The van der Waals surface area contributed by atoms with E-state index in [4.69, 9.17) is 15.9 Å². The second-order valence-corrected chi connectivity index (χ2v) is 6.95. The first-order chi connectivity index (χ1) is 14.7. The SMILES string of the molecule is N=C/C(=C\N)c1ccncc1/C=C/C(=O)Nc1ccc(CCN2CCOCC2)cc1. The fourth-order valence-corrected chi connectivity index (χ4v) is 3.23. The van der Waals surface area contributed by atoms with Gasteiger partial charge in [-0.1, -0.05) is 12.1 Å². The molecule has 2 heterocycles. The molecule has 0 atom stereocenters. The second kappa shape index (κ2) is 11.0. The molecule has 0 radical (unpaired) electrons. The molecular weight excluding hydrogens is 378 g/mol. The molecule has 156 valence electrons. The van der Waals surface area contributed by atoms with E-state index >= 15 is 0 Å². The minimum atomic E-state index is -0.237. The first kappa shape index (κ1) is 21.4. The number of nitrogens with one attached hydrogen (secondary N) is 2. The van der Waals surface area contributed by atoms with Crippen molar-refractivity contribution < 1.29 is 9.53 Å². The molecule has 1 amide bonds. The zero-order chi connectivity index (χ0) is 21.2. The van der Waals surface area contributed by atoms with E-state index in [-0.39, 0.29) is 5.91 Å². The predicted molar refractivity (Wildman–Crippen MR) is 120 cm³/mol. The van der Waals surface area contributed by atoms with Gasteiger partial charge in [-0.2, -0.15) is 0 Å². The zero-order valence-electron chi connectivity index (χ0n) is 16.9. The van der Waals surface area contributed by atoms with Gasteiger partial charge < -0.3 is 21.2 Å². The van der Waals surface area contributed by atoms with Crippen molar-refractivity contribution >= 4 is 29.5 Å². The number of amides is 1. The zero-order valence-corrected chi connectivity index (χ0v) is 16.9. The number of benzene rings is 1. The monoisotopic (exact) mass is 405 g/mol. The fourth-order valence-electron chi connectivity index (χ4n) is 3.23. The molecule has 3 rings (SSSR count). The maximum atomic E-state index is 12.3. The van der Waals surface area contributed by atoms with Crippen molar-refractivity contribution in [2.24, 2.45) is 5.73 Å². The van der Waals surface area contributed by atoms with Crippen molar-refractivity contribution in [3.05, 3.63) is 71.7 Å². The van der Waals surface area contributed by atoms with Crippen molar-refractivity contribution in [2.45, 2.75) is 6.42 Å². The average Bonchev–Trinajstić information content (AvgIpc) is 2.79. The Bertz CT molecular complexity index is 915. The van der Waals surface area contributed by atoms with E-state index < -0.39 is 0 Å². The van der Waals surface area contributed by atoms with Crippen LogP contribution in [0, 0.1) is 5.41 Å². The Hall–Kier alpha value is -3.29. The van der Waals surface area contributed by atoms with E-state index in [0.717, 1.165) is 50.5 Å². The number of nitrogens with two attached hydrogens (primary N) is 1. The summed E-state index contributed by atoms with van der Waals surface area (Å²) in [6.07, 6.45) is 9.89. The highest BCUT2D eigenvalue weighted by Gasteiger charge is 2.10. The van der Waals surface area contributed by atoms with Crippen molar-refractivity contribution in [3.8, 4) is 0 Å². The molecular formula is C23H27N5O2. The molecule has 1 aliphatic heterocycles. The number of hydrogen-bond donors (Lipinski definition) is 3. The van der Waals surface area contributed by atoms with Gasteiger partial charge in [0.15, 0.2) is 0 Å². The summed E-state index contributed by atoms with van der Waals surface area (Å²) in [6.45, 7) is 4.61. The molecule has 0 unspecified atom stereocenters. The average molecular weight is 406 g/mol. The van der Waals surface area contributed by atoms with E-state index in [1.165, 1.54) is 24.1 Å². The maximum Gasteiger partial charge on any atom is 0.248 e. The number of ether oxygens (including phenoxy) is 1. The fraction of sp³-hybridized carbons (Fsp3) is 0.261. The first-order valence-corrected chi connectivity index (χ1v) is 9.94. The van der Waals surface area contributed by atoms with Crippen LogP contribution in [0.25, 0.3) is 11.6 Å². The number of morpholine rings is 1. The Morgan fingerprint density at radius 3 is 2.70 bits per heavy atom. The van der Waals surface area contributed by atoms with Gasteiger partial charge in [0.1, 0.15) is 0 Å². The highest BCUT2D eigenvalue weighted by atomic mass is 16.5. The molecule has 0 aliphatic carbocycles. The van der Waals surface area contributed by atoms with Gasteiger partial charge in [0, 0.05) is 67.3 Å². The largest absolute Gasteiger partial charge is 0.404 e. The molecule has 30 heavy (non-hydrogen) atoms. The summed E-state index contributed by atoms with van der Waals surface area (Å²) in [5.41, 5.74) is 9.58. The molecule has 0 spiro atoms. The second-order valence-electron chi connectivity index (χ2n) is 6.95. The lowest BCUT2D eigenvalue weighted by Gasteiger charge is -2.26. The summed E-state index contributed by atoms with van der Waals surface area (Å²) >= 11 is 0. The highest BCUT2D eigenvalue weighted by Crippen LogP contribution is 2.17. The van der Waals surface area contributed by atoms with Crippen LogP contribution in [-0.4, -0.2) is 54.9 Å². The van der Waals surface area contributed by atoms with Crippen LogP contribution >= 0.6 is 0 Å². The van der Waals surface area contributed by atoms with E-state index in [2.05, 4.69) is 15.2 Å². The van der Waals surface area contributed by atoms with Crippen LogP contribution in [0.4, 0.5) is 5.69 Å². The number of pyridine rings is 1. The number of aromatic nitrogens is 1. The summed E-state index contributed by atoms with van der Waals surface area (Å²) in [5.74, 6) is -0.237. The van der Waals surface area contributed by atoms with Crippen LogP contribution in [0.1, 0.15) is 16.7 Å². The summed E-state index contributed by atoms with van der Waals surface area (Å²) in [7, 11) is 0. The van der Waals surface area contributed by atoms with Gasteiger partial charge in [0.05, 0.1) is 13.2 Å². The maximum absolute atomic E-state index is 12.3. The Morgan fingerprint density at radius 1 is 1.23 bits per heavy atom. The van der Waals surface area contributed by atoms with E-state index in [0.29, 0.717) is 11.1 Å². The molecule has 1 aromatic carbocycles. The minimum absolute atomic E-state index is 0.237. The van der Waals surface area contributed by atoms with Crippen LogP contribution in [0.2, 0.25) is 0 Å². The summed E-state index contributed by atoms with van der Waals surface area (Å²) in [6, 6.07) is 9.68. The quantitative estimate of drug-likeness (QED) is 0.462. The summed E-state index contributed by atoms with van der Waals surface area (Å²) in [4.78, 5) is 18.8. The van der Waals surface area contributed by atoms with Crippen molar-refractivity contribution in [3.63, 3.8) is 0 Å². The third kappa shape index (κ3) is 6.10. The number of anilines is 1. The van der Waals surface area contributed by atoms with Crippen LogP contribution in [-0.2, 0) is 16.0 Å². The van der Waals surface area contributed by atoms with Gasteiger partial charge in [0.2, 0.25) is 5.91 Å². The van der Waals surface area contributed by atoms with Crippen molar-refractivity contribution in [1.82, 2.24) is 9.88 Å². The van der Waals surface area contributed by atoms with E-state index in [9.17, 15) is 4.79 Å². The smallest absolute Gasteiger partial charge is 0.248 e. The molecule has 0 saturated carbocycles. The molecule has 1 saturated heterocycles. The number of hydrogen-bond acceptors (Lipinski definition) is 6. The van der Waals surface area contributed by atoms with Crippen LogP contribution in [0.3, 0.4) is 0 Å². The lowest BCUT2D eigenvalue weighted by Crippen LogP contribution is -2.37. The first-order valence-electron chi connectivity index (χ1n) is 9.94. The van der Waals surface area contributed by atoms with Crippen LogP contribution < -0.4 is 11.1 Å². The third-order valence-corrected chi connectivity index (χ3v) is 4.95. The number of allylic oxidation sites excluding steroid dienone is 1.